The fourth-order valence-electron chi connectivity index (χ4n) is 4.10. The number of hydrazine groups is 1. The zero-order chi connectivity index (χ0) is 23.5. The van der Waals surface area contributed by atoms with Crippen LogP contribution in [0.2, 0.25) is 0 Å². The Kier molecular flexibility index (Phi) is 5.77. The lowest BCUT2D eigenvalue weighted by Gasteiger charge is -2.19. The minimum Gasteiger partial charge on any atom is -0.306 e. The second-order valence-electron chi connectivity index (χ2n) is 8.03. The van der Waals surface area contributed by atoms with Gasteiger partial charge in [-0.1, -0.05) is 72.8 Å². The molecule has 0 aromatic heterocycles. The van der Waals surface area contributed by atoms with Crippen molar-refractivity contribution in [3.8, 4) is 0 Å². The highest BCUT2D eigenvalue weighted by Crippen LogP contribution is 2.42. The van der Waals surface area contributed by atoms with Crippen LogP contribution in [0, 0.1) is 0 Å². The van der Waals surface area contributed by atoms with E-state index in [9.17, 15) is 13.2 Å². The summed E-state index contributed by atoms with van der Waals surface area (Å²) in [7, 11) is -3.62. The van der Waals surface area contributed by atoms with Gasteiger partial charge in [0.2, 0.25) is 0 Å². The molecule has 5 rings (SSSR count). The van der Waals surface area contributed by atoms with Gasteiger partial charge in [-0.3, -0.25) is 14.5 Å². The van der Waals surface area contributed by atoms with E-state index in [1.165, 1.54) is 9.87 Å². The van der Waals surface area contributed by atoms with Gasteiger partial charge < -0.3 is 5.43 Å². The maximum Gasteiger partial charge on any atom is 0.269 e. The second kappa shape index (κ2) is 9.03. The summed E-state index contributed by atoms with van der Waals surface area (Å²) < 4.78 is 27.7. The van der Waals surface area contributed by atoms with Gasteiger partial charge in [0.05, 0.1) is 17.1 Å². The third-order valence-electron chi connectivity index (χ3n) is 5.81. The van der Waals surface area contributed by atoms with E-state index in [0.717, 1.165) is 22.8 Å². The van der Waals surface area contributed by atoms with Gasteiger partial charge >= 0.3 is 0 Å². The predicted octanol–water partition coefficient (Wildman–Crippen LogP) is 4.54. The van der Waals surface area contributed by atoms with Crippen molar-refractivity contribution in [2.45, 2.75) is 17.9 Å². The molecule has 0 saturated heterocycles. The molecule has 0 unspecified atom stereocenters. The Bertz CT molecular complexity index is 1480. The molecule has 0 aliphatic carbocycles. The molecule has 6 nitrogen and oxygen atoms in total. The van der Waals surface area contributed by atoms with Crippen LogP contribution in [0.3, 0.4) is 0 Å². The van der Waals surface area contributed by atoms with Gasteiger partial charge in [0.15, 0.2) is 0 Å². The average molecular weight is 470 g/mol. The normalized spacial score (nSPS) is 13.9. The Morgan fingerprint density at radius 2 is 1.56 bits per heavy atom. The Morgan fingerprint density at radius 1 is 0.824 bits per heavy atom. The average Bonchev–Trinajstić information content (AvgIpc) is 3.08. The van der Waals surface area contributed by atoms with Gasteiger partial charge in [-0.05, 0) is 47.2 Å². The van der Waals surface area contributed by atoms with Crippen LogP contribution in [0.4, 0.5) is 5.69 Å². The van der Waals surface area contributed by atoms with Crippen molar-refractivity contribution in [2.75, 3.05) is 4.31 Å². The highest BCUT2D eigenvalue weighted by atomic mass is 32.2. The molecule has 1 heterocycles. The minimum atomic E-state index is -3.62. The Labute approximate surface area is 198 Å². The molecule has 0 saturated carbocycles. The first-order valence-corrected chi connectivity index (χ1v) is 12.4. The van der Waals surface area contributed by atoms with Crippen LogP contribution in [0.15, 0.2) is 108 Å². The fraction of sp³-hybridized carbons (Fsp3) is 0.0741. The van der Waals surface area contributed by atoms with Gasteiger partial charge in [-0.2, -0.15) is 0 Å². The van der Waals surface area contributed by atoms with Crippen molar-refractivity contribution in [1.29, 1.82) is 0 Å². The summed E-state index contributed by atoms with van der Waals surface area (Å²) in [5.41, 5.74) is 8.56. The number of allylic oxidation sites excluding steroid dienone is 1. The molecule has 0 fully saturated rings. The minimum absolute atomic E-state index is 0.193. The van der Waals surface area contributed by atoms with Crippen LogP contribution < -0.4 is 15.2 Å². The van der Waals surface area contributed by atoms with E-state index in [-0.39, 0.29) is 12.5 Å². The lowest BCUT2D eigenvalue weighted by Crippen LogP contribution is -2.33. The lowest BCUT2D eigenvalue weighted by molar-refractivity contribution is 0.0941. The summed E-state index contributed by atoms with van der Waals surface area (Å²) >= 11 is 0. The third-order valence-corrected chi connectivity index (χ3v) is 7.61. The van der Waals surface area contributed by atoms with Gasteiger partial charge in [-0.15, -0.1) is 0 Å². The Hall–Kier alpha value is -4.10. The monoisotopic (exact) mass is 469 g/mol. The molecular formula is C27H23N3O3S. The maximum atomic E-state index is 13.2. The zero-order valence-corrected chi connectivity index (χ0v) is 19.1. The summed E-state index contributed by atoms with van der Waals surface area (Å²) in [5.74, 6) is -0.276. The number of anilines is 1. The van der Waals surface area contributed by atoms with Crippen molar-refractivity contribution in [3.05, 3.63) is 120 Å². The number of carbonyl (C=O) groups excluding carboxylic acids is 1. The zero-order valence-electron chi connectivity index (χ0n) is 18.3. The molecule has 4 aromatic carbocycles. The van der Waals surface area contributed by atoms with Crippen LogP contribution in [0.1, 0.15) is 21.5 Å². The van der Waals surface area contributed by atoms with Crippen molar-refractivity contribution >= 4 is 32.4 Å². The SMILES string of the molecule is O=C(NN/C=C/Cc1ccccc1)c1ccc(CN2c3cccc4cccc(c34)S2(=O)=O)cc1. The largest absolute Gasteiger partial charge is 0.306 e. The van der Waals surface area contributed by atoms with E-state index in [0.29, 0.717) is 16.1 Å². The van der Waals surface area contributed by atoms with Crippen LogP contribution in [0.5, 0.6) is 0 Å². The van der Waals surface area contributed by atoms with Crippen molar-refractivity contribution in [1.82, 2.24) is 10.9 Å². The molecular weight excluding hydrogens is 446 g/mol. The molecule has 7 heteroatoms. The molecule has 0 radical (unpaired) electrons. The topological polar surface area (TPSA) is 78.5 Å². The molecule has 1 amide bonds. The number of hydrogen-bond acceptors (Lipinski definition) is 4. The number of sulfonamides is 1. The number of nitrogens with zero attached hydrogens (tertiary/aromatic N) is 1. The first-order valence-electron chi connectivity index (χ1n) is 10.9. The molecule has 0 atom stereocenters. The van der Waals surface area contributed by atoms with Gasteiger partial charge in [0.1, 0.15) is 0 Å². The maximum absolute atomic E-state index is 13.2. The van der Waals surface area contributed by atoms with Gasteiger partial charge in [-0.25, -0.2) is 8.42 Å². The van der Waals surface area contributed by atoms with E-state index in [1.807, 2.05) is 60.7 Å². The van der Waals surface area contributed by atoms with Crippen LogP contribution in [-0.2, 0) is 23.0 Å². The molecule has 0 bridgehead atoms. The van der Waals surface area contributed by atoms with E-state index in [4.69, 9.17) is 0 Å². The number of hydrogen-bond donors (Lipinski definition) is 2. The molecule has 0 spiro atoms. The van der Waals surface area contributed by atoms with E-state index in [2.05, 4.69) is 10.9 Å². The highest BCUT2D eigenvalue weighted by molar-refractivity contribution is 7.93. The number of amides is 1. The summed E-state index contributed by atoms with van der Waals surface area (Å²) in [5, 5.41) is 1.66. The van der Waals surface area contributed by atoms with Crippen molar-refractivity contribution < 1.29 is 13.2 Å². The van der Waals surface area contributed by atoms with E-state index >= 15 is 0 Å². The number of benzene rings is 4. The van der Waals surface area contributed by atoms with Crippen molar-refractivity contribution in [3.63, 3.8) is 0 Å². The standard InChI is InChI=1S/C27H23N3O3S/c31-27(29-28-18-6-9-20-7-2-1-3-8-20)23-16-14-21(15-17-23)19-30-24-12-4-10-22-11-5-13-25(26(22)24)34(30,32)33/h1-8,10-18,28H,9,19H2,(H,29,31)/b18-6+. The molecule has 170 valence electrons. The second-order valence-corrected chi connectivity index (χ2v) is 9.86. The van der Waals surface area contributed by atoms with Gasteiger partial charge in [0, 0.05) is 17.1 Å². The van der Waals surface area contributed by atoms with E-state index < -0.39 is 10.0 Å². The van der Waals surface area contributed by atoms with Crippen LogP contribution in [0.25, 0.3) is 10.8 Å². The first-order chi connectivity index (χ1) is 16.5. The Morgan fingerprint density at radius 3 is 2.32 bits per heavy atom. The Balaban J connectivity index is 1.23. The van der Waals surface area contributed by atoms with Crippen LogP contribution >= 0.6 is 0 Å². The molecule has 1 aliphatic rings. The number of nitrogens with one attached hydrogen (secondary N) is 2. The predicted molar refractivity (Wildman–Crippen MR) is 134 cm³/mol. The van der Waals surface area contributed by atoms with Gasteiger partial charge in [0.25, 0.3) is 15.9 Å². The quantitative estimate of drug-likeness (QED) is 0.390. The molecule has 1 aliphatic heterocycles. The molecule has 4 aromatic rings. The summed E-state index contributed by atoms with van der Waals surface area (Å²) in [4.78, 5) is 12.7. The molecule has 34 heavy (non-hydrogen) atoms. The fourth-order valence-corrected chi connectivity index (χ4v) is 5.80. The highest BCUT2D eigenvalue weighted by Gasteiger charge is 2.35. The van der Waals surface area contributed by atoms with Crippen LogP contribution in [-0.4, -0.2) is 14.3 Å². The summed E-state index contributed by atoms with van der Waals surface area (Å²) in [6, 6.07) is 27.9. The lowest BCUT2D eigenvalue weighted by atomic mass is 10.1. The third kappa shape index (κ3) is 4.13. The first kappa shape index (κ1) is 21.7. The van der Waals surface area contributed by atoms with Crippen molar-refractivity contribution in [2.24, 2.45) is 0 Å². The number of rotatable bonds is 7. The summed E-state index contributed by atoms with van der Waals surface area (Å²) in [6.07, 6.45) is 4.37. The summed E-state index contributed by atoms with van der Waals surface area (Å²) in [6.45, 7) is 0.193. The smallest absolute Gasteiger partial charge is 0.269 e. The van der Waals surface area contributed by atoms with E-state index in [1.54, 1.807) is 42.6 Å². The number of carbonyl (C=O) groups is 1. The molecule has 2 N–H and O–H groups in total.